The number of rotatable bonds is 6. The second-order valence-electron chi connectivity index (χ2n) is 5.61. The lowest BCUT2D eigenvalue weighted by molar-refractivity contribution is 0.0697. The number of sulfonamides is 1. The third kappa shape index (κ3) is 3.59. The summed E-state index contributed by atoms with van der Waals surface area (Å²) in [7, 11) is -3.70. The molecule has 0 unspecified atom stereocenters. The van der Waals surface area contributed by atoms with E-state index in [1.54, 1.807) is 13.0 Å². The molecule has 1 aliphatic heterocycles. The molecule has 7 heteroatoms. The summed E-state index contributed by atoms with van der Waals surface area (Å²) in [6.45, 7) is 5.26. The maximum absolute atomic E-state index is 12.3. The molecule has 1 aromatic rings. The Morgan fingerprint density at radius 1 is 1.36 bits per heavy atom. The molecule has 0 amide bonds. The van der Waals surface area contributed by atoms with Gasteiger partial charge >= 0.3 is 5.97 Å². The lowest BCUT2D eigenvalue weighted by Gasteiger charge is -2.21. The number of carboxylic acid groups (broad SMARTS) is 1. The standard InChI is InChI=1S/C15H22N2O4S/c1-3-11(2)16-22(20,21)12-6-7-14(13(10-12)15(18)19)17-8-4-5-9-17/h6-7,10-11,16H,3-5,8-9H2,1-2H3,(H,18,19)/t11-/m0/s1. The van der Waals surface area contributed by atoms with Crippen LogP contribution in [0.4, 0.5) is 5.69 Å². The molecule has 1 atom stereocenters. The van der Waals surface area contributed by atoms with Gasteiger partial charge in [0.1, 0.15) is 0 Å². The minimum Gasteiger partial charge on any atom is -0.478 e. The monoisotopic (exact) mass is 326 g/mol. The van der Waals surface area contributed by atoms with Gasteiger partial charge in [0, 0.05) is 19.1 Å². The predicted octanol–water partition coefficient (Wildman–Crippen LogP) is 2.06. The molecule has 1 aromatic carbocycles. The summed E-state index contributed by atoms with van der Waals surface area (Å²) >= 11 is 0. The molecule has 22 heavy (non-hydrogen) atoms. The van der Waals surface area contributed by atoms with Crippen molar-refractivity contribution in [2.45, 2.75) is 44.0 Å². The van der Waals surface area contributed by atoms with E-state index in [4.69, 9.17) is 0 Å². The van der Waals surface area contributed by atoms with Crippen LogP contribution < -0.4 is 9.62 Å². The molecule has 0 spiro atoms. The van der Waals surface area contributed by atoms with Crippen LogP contribution in [0.25, 0.3) is 0 Å². The zero-order valence-electron chi connectivity index (χ0n) is 12.9. The van der Waals surface area contributed by atoms with Crippen LogP contribution in [-0.2, 0) is 10.0 Å². The van der Waals surface area contributed by atoms with Crippen molar-refractivity contribution in [2.75, 3.05) is 18.0 Å². The number of carbonyl (C=O) groups is 1. The average molecular weight is 326 g/mol. The first kappa shape index (κ1) is 16.8. The van der Waals surface area contributed by atoms with Crippen LogP contribution in [0.5, 0.6) is 0 Å². The molecule has 122 valence electrons. The van der Waals surface area contributed by atoms with Crippen molar-refractivity contribution < 1.29 is 18.3 Å². The van der Waals surface area contributed by atoms with Gasteiger partial charge in [0.05, 0.1) is 16.1 Å². The number of benzene rings is 1. The van der Waals surface area contributed by atoms with Gasteiger partial charge in [-0.2, -0.15) is 0 Å². The SMILES string of the molecule is CC[C@H](C)NS(=O)(=O)c1ccc(N2CCCC2)c(C(=O)O)c1. The van der Waals surface area contributed by atoms with Crippen LogP contribution in [0.2, 0.25) is 0 Å². The van der Waals surface area contributed by atoms with E-state index in [2.05, 4.69) is 4.72 Å². The first-order chi connectivity index (χ1) is 10.3. The van der Waals surface area contributed by atoms with E-state index in [-0.39, 0.29) is 16.5 Å². The Morgan fingerprint density at radius 3 is 2.55 bits per heavy atom. The van der Waals surface area contributed by atoms with Gasteiger partial charge in [-0.1, -0.05) is 6.92 Å². The molecule has 1 saturated heterocycles. The Hall–Kier alpha value is -1.60. The molecule has 0 aromatic heterocycles. The van der Waals surface area contributed by atoms with E-state index in [1.807, 2.05) is 11.8 Å². The summed E-state index contributed by atoms with van der Waals surface area (Å²) in [6.07, 6.45) is 2.71. The summed E-state index contributed by atoms with van der Waals surface area (Å²) < 4.78 is 27.1. The van der Waals surface area contributed by atoms with Gasteiger partial charge in [-0.25, -0.2) is 17.9 Å². The molecule has 0 bridgehead atoms. The van der Waals surface area contributed by atoms with Crippen LogP contribution in [0.1, 0.15) is 43.5 Å². The van der Waals surface area contributed by atoms with Crippen molar-refractivity contribution in [1.82, 2.24) is 4.72 Å². The van der Waals surface area contributed by atoms with Crippen LogP contribution in [0.15, 0.2) is 23.1 Å². The highest BCUT2D eigenvalue weighted by molar-refractivity contribution is 7.89. The fourth-order valence-electron chi connectivity index (χ4n) is 2.50. The molecule has 2 rings (SSSR count). The van der Waals surface area contributed by atoms with Crippen molar-refractivity contribution in [3.8, 4) is 0 Å². The number of hydrogen-bond acceptors (Lipinski definition) is 4. The molecule has 1 aliphatic rings. The Morgan fingerprint density at radius 2 is 2.00 bits per heavy atom. The minimum absolute atomic E-state index is 0.00635. The third-order valence-electron chi connectivity index (χ3n) is 3.92. The second kappa shape index (κ2) is 6.66. The first-order valence-corrected chi connectivity index (χ1v) is 8.98. The smallest absolute Gasteiger partial charge is 0.337 e. The molecule has 0 aliphatic carbocycles. The second-order valence-corrected chi connectivity index (χ2v) is 7.32. The van der Waals surface area contributed by atoms with E-state index < -0.39 is 16.0 Å². The zero-order chi connectivity index (χ0) is 16.3. The highest BCUT2D eigenvalue weighted by atomic mass is 32.2. The molecular weight excluding hydrogens is 304 g/mol. The van der Waals surface area contributed by atoms with Gasteiger partial charge in [0.2, 0.25) is 10.0 Å². The van der Waals surface area contributed by atoms with Crippen molar-refractivity contribution in [3.63, 3.8) is 0 Å². The normalized spacial score (nSPS) is 16.7. The van der Waals surface area contributed by atoms with E-state index >= 15 is 0 Å². The molecule has 1 fully saturated rings. The van der Waals surface area contributed by atoms with Crippen molar-refractivity contribution in [2.24, 2.45) is 0 Å². The number of hydrogen-bond donors (Lipinski definition) is 2. The molecule has 0 radical (unpaired) electrons. The van der Waals surface area contributed by atoms with E-state index in [1.165, 1.54) is 12.1 Å². The summed E-state index contributed by atoms with van der Waals surface area (Å²) in [5, 5.41) is 9.40. The van der Waals surface area contributed by atoms with Crippen LogP contribution >= 0.6 is 0 Å². The van der Waals surface area contributed by atoms with Crippen molar-refractivity contribution >= 4 is 21.7 Å². The topological polar surface area (TPSA) is 86.7 Å². The molecule has 0 saturated carbocycles. The molecule has 2 N–H and O–H groups in total. The Balaban J connectivity index is 2.39. The Labute approximate surface area is 131 Å². The highest BCUT2D eigenvalue weighted by Crippen LogP contribution is 2.27. The predicted molar refractivity (Wildman–Crippen MR) is 84.9 cm³/mol. The lowest BCUT2D eigenvalue weighted by Crippen LogP contribution is -2.32. The van der Waals surface area contributed by atoms with Gasteiger partial charge in [0.15, 0.2) is 0 Å². The third-order valence-corrected chi connectivity index (χ3v) is 5.51. The van der Waals surface area contributed by atoms with Crippen molar-refractivity contribution in [1.29, 1.82) is 0 Å². The molecule has 1 heterocycles. The lowest BCUT2D eigenvalue weighted by atomic mass is 10.1. The van der Waals surface area contributed by atoms with E-state index in [0.717, 1.165) is 25.9 Å². The molecule has 6 nitrogen and oxygen atoms in total. The summed E-state index contributed by atoms with van der Waals surface area (Å²) in [5.41, 5.74) is 0.626. The van der Waals surface area contributed by atoms with Gasteiger partial charge in [-0.15, -0.1) is 0 Å². The quantitative estimate of drug-likeness (QED) is 0.835. The minimum atomic E-state index is -3.70. The number of aromatic carboxylic acids is 1. The maximum atomic E-state index is 12.3. The first-order valence-electron chi connectivity index (χ1n) is 7.49. The fraction of sp³-hybridized carbons (Fsp3) is 0.533. The van der Waals surface area contributed by atoms with Gasteiger partial charge in [0.25, 0.3) is 0 Å². The molecular formula is C15H22N2O4S. The van der Waals surface area contributed by atoms with Crippen LogP contribution in [-0.4, -0.2) is 38.6 Å². The van der Waals surface area contributed by atoms with E-state index in [9.17, 15) is 18.3 Å². The average Bonchev–Trinajstić information content (AvgIpc) is 3.00. The summed E-state index contributed by atoms with van der Waals surface area (Å²) in [6, 6.07) is 4.13. The number of carboxylic acids is 1. The van der Waals surface area contributed by atoms with Gasteiger partial charge in [-0.05, 0) is 44.4 Å². The van der Waals surface area contributed by atoms with Gasteiger partial charge < -0.3 is 10.0 Å². The number of nitrogens with one attached hydrogen (secondary N) is 1. The van der Waals surface area contributed by atoms with Crippen molar-refractivity contribution in [3.05, 3.63) is 23.8 Å². The Kier molecular flexibility index (Phi) is 5.08. The zero-order valence-corrected chi connectivity index (χ0v) is 13.7. The summed E-state index contributed by atoms with van der Waals surface area (Å²) in [4.78, 5) is 13.5. The van der Waals surface area contributed by atoms with Crippen LogP contribution in [0, 0.1) is 0 Å². The maximum Gasteiger partial charge on any atom is 0.337 e. The number of anilines is 1. The van der Waals surface area contributed by atoms with E-state index in [0.29, 0.717) is 12.1 Å². The van der Waals surface area contributed by atoms with Gasteiger partial charge in [-0.3, -0.25) is 0 Å². The summed E-state index contributed by atoms with van der Waals surface area (Å²) in [5.74, 6) is -1.11. The Bertz CT molecular complexity index is 652. The number of nitrogens with zero attached hydrogens (tertiary/aromatic N) is 1. The fourth-order valence-corrected chi connectivity index (χ4v) is 3.86. The largest absolute Gasteiger partial charge is 0.478 e. The highest BCUT2D eigenvalue weighted by Gasteiger charge is 2.23. The van der Waals surface area contributed by atoms with Crippen LogP contribution in [0.3, 0.4) is 0 Å².